The number of morpholine rings is 1. The molecule has 0 spiro atoms. The third kappa shape index (κ3) is 4.06. The van der Waals surface area contributed by atoms with Crippen LogP contribution in [0.25, 0.3) is 0 Å². The number of hydrogen-bond donors (Lipinski definition) is 0. The van der Waals surface area contributed by atoms with E-state index in [2.05, 4.69) is 0 Å². The quantitative estimate of drug-likeness (QED) is 0.752. The minimum atomic E-state index is -4.46. The molecule has 1 fully saturated rings. The van der Waals surface area contributed by atoms with Gasteiger partial charge in [-0.05, 0) is 44.0 Å². The molecule has 144 valence electrons. The van der Waals surface area contributed by atoms with Crippen molar-refractivity contribution in [1.29, 1.82) is 0 Å². The molecule has 1 aromatic carbocycles. The lowest BCUT2D eigenvalue weighted by atomic mass is 10.0. The maximum atomic E-state index is 13.6. The van der Waals surface area contributed by atoms with Gasteiger partial charge < -0.3 is 14.4 Å². The number of amides is 1. The zero-order chi connectivity index (χ0) is 19.1. The van der Waals surface area contributed by atoms with E-state index < -0.39 is 23.4 Å². The number of alkyl halides is 3. The van der Waals surface area contributed by atoms with Crippen LogP contribution in [0.2, 0.25) is 0 Å². The minimum Gasteiger partial charge on any atom is -0.444 e. The second-order valence-electron chi connectivity index (χ2n) is 7.57. The lowest BCUT2D eigenvalue weighted by Gasteiger charge is -2.31. The third-order valence-electron chi connectivity index (χ3n) is 4.35. The first-order valence-electron chi connectivity index (χ1n) is 8.58. The van der Waals surface area contributed by atoms with Gasteiger partial charge in [0.05, 0.1) is 18.8 Å². The predicted molar refractivity (Wildman–Crippen MR) is 90.0 cm³/mol. The van der Waals surface area contributed by atoms with Crippen LogP contribution >= 0.6 is 0 Å². The van der Waals surface area contributed by atoms with Gasteiger partial charge in [0.2, 0.25) is 0 Å². The number of hydrogen-bond acceptors (Lipinski definition) is 4. The zero-order valence-electron chi connectivity index (χ0n) is 15.2. The molecule has 0 N–H and O–H groups in total. The van der Waals surface area contributed by atoms with Gasteiger partial charge in [-0.25, -0.2) is 4.79 Å². The lowest BCUT2D eigenvalue weighted by molar-refractivity contribution is -0.137. The maximum absolute atomic E-state index is 13.6. The van der Waals surface area contributed by atoms with E-state index in [-0.39, 0.29) is 18.8 Å². The van der Waals surface area contributed by atoms with Crippen LogP contribution in [0.4, 0.5) is 23.7 Å². The molecule has 2 aliphatic heterocycles. The normalized spacial score (nSPS) is 18.1. The first-order chi connectivity index (χ1) is 12.0. The molecule has 1 aromatic rings. The Labute approximate surface area is 150 Å². The fourth-order valence-corrected chi connectivity index (χ4v) is 3.19. The van der Waals surface area contributed by atoms with Crippen molar-refractivity contribution in [3.8, 4) is 0 Å². The summed E-state index contributed by atoms with van der Waals surface area (Å²) >= 11 is 0. The molecule has 2 aliphatic rings. The van der Waals surface area contributed by atoms with E-state index in [0.29, 0.717) is 31.9 Å². The fourth-order valence-electron chi connectivity index (χ4n) is 3.19. The fraction of sp³-hybridized carbons (Fsp3) is 0.611. The Hall–Kier alpha value is -1.96. The van der Waals surface area contributed by atoms with Crippen molar-refractivity contribution in [3.05, 3.63) is 28.8 Å². The number of carbonyl (C=O) groups excluding carboxylic acids is 1. The van der Waals surface area contributed by atoms with Gasteiger partial charge in [0.25, 0.3) is 0 Å². The molecule has 8 heteroatoms. The number of halogens is 3. The Balaban J connectivity index is 1.89. The lowest BCUT2D eigenvalue weighted by Crippen LogP contribution is -2.37. The number of fused-ring (bicyclic) bond motifs is 1. The molecule has 26 heavy (non-hydrogen) atoms. The van der Waals surface area contributed by atoms with Crippen molar-refractivity contribution < 1.29 is 27.4 Å². The number of carbonyl (C=O) groups is 1. The molecule has 0 bridgehead atoms. The molecule has 3 rings (SSSR count). The van der Waals surface area contributed by atoms with Crippen molar-refractivity contribution in [1.82, 2.24) is 4.90 Å². The maximum Gasteiger partial charge on any atom is 0.418 e. The van der Waals surface area contributed by atoms with E-state index >= 15 is 0 Å². The van der Waals surface area contributed by atoms with E-state index in [1.165, 1.54) is 11.0 Å². The first kappa shape index (κ1) is 18.8. The van der Waals surface area contributed by atoms with E-state index in [9.17, 15) is 18.0 Å². The van der Waals surface area contributed by atoms with Crippen molar-refractivity contribution in [2.24, 2.45) is 0 Å². The van der Waals surface area contributed by atoms with Crippen molar-refractivity contribution in [2.75, 3.05) is 31.2 Å². The van der Waals surface area contributed by atoms with Crippen LogP contribution in [0.3, 0.4) is 0 Å². The molecule has 1 saturated heterocycles. The monoisotopic (exact) mass is 372 g/mol. The van der Waals surface area contributed by atoms with Crippen molar-refractivity contribution in [3.63, 3.8) is 0 Å². The Morgan fingerprint density at radius 3 is 2.19 bits per heavy atom. The van der Waals surface area contributed by atoms with Crippen LogP contribution in [0.1, 0.15) is 37.5 Å². The Bertz CT molecular complexity index is 692. The SMILES string of the molecule is CC(C)(C)OC(=O)N1Cc2cc(N3CCOCC3)c(C(F)(F)F)cc2C1. The summed E-state index contributed by atoms with van der Waals surface area (Å²) < 4.78 is 51.3. The topological polar surface area (TPSA) is 42.0 Å². The van der Waals surface area contributed by atoms with E-state index in [4.69, 9.17) is 9.47 Å². The standard InChI is InChI=1S/C18H23F3N2O3/c1-17(2,3)26-16(24)23-10-12-8-14(18(19,20)21)15(9-13(12)11-23)22-4-6-25-7-5-22/h8-9H,4-7,10-11H2,1-3H3. The second kappa shape index (κ2) is 6.64. The van der Waals surface area contributed by atoms with Crippen LogP contribution in [0, 0.1) is 0 Å². The number of rotatable bonds is 1. The highest BCUT2D eigenvalue weighted by Crippen LogP contribution is 2.40. The molecule has 0 aliphatic carbocycles. The summed E-state index contributed by atoms with van der Waals surface area (Å²) in [7, 11) is 0. The molecule has 5 nitrogen and oxygen atoms in total. The van der Waals surface area contributed by atoms with Gasteiger partial charge >= 0.3 is 12.3 Å². The largest absolute Gasteiger partial charge is 0.444 e. The summed E-state index contributed by atoms with van der Waals surface area (Å²) in [5.41, 5.74) is 0.0856. The Morgan fingerprint density at radius 1 is 1.08 bits per heavy atom. The Morgan fingerprint density at radius 2 is 1.65 bits per heavy atom. The zero-order valence-corrected chi connectivity index (χ0v) is 15.2. The summed E-state index contributed by atoms with van der Waals surface area (Å²) in [6.45, 7) is 7.27. The molecular weight excluding hydrogens is 349 g/mol. The van der Waals surface area contributed by atoms with Crippen LogP contribution in [-0.4, -0.2) is 42.9 Å². The summed E-state index contributed by atoms with van der Waals surface area (Å²) in [5.74, 6) is 0. The number of anilines is 1. The van der Waals surface area contributed by atoms with Gasteiger partial charge in [0.15, 0.2) is 0 Å². The van der Waals surface area contributed by atoms with Gasteiger partial charge in [-0.2, -0.15) is 13.2 Å². The van der Waals surface area contributed by atoms with Crippen molar-refractivity contribution in [2.45, 2.75) is 45.6 Å². The predicted octanol–water partition coefficient (Wildman–Crippen LogP) is 3.79. The average molecular weight is 372 g/mol. The van der Waals surface area contributed by atoms with Gasteiger partial charge in [0.1, 0.15) is 5.60 Å². The first-order valence-corrected chi connectivity index (χ1v) is 8.58. The number of ether oxygens (including phenoxy) is 2. The van der Waals surface area contributed by atoms with Crippen LogP contribution in [0.5, 0.6) is 0 Å². The van der Waals surface area contributed by atoms with Gasteiger partial charge in [-0.1, -0.05) is 0 Å². The summed E-state index contributed by atoms with van der Waals surface area (Å²) in [6.07, 6.45) is -4.97. The summed E-state index contributed by atoms with van der Waals surface area (Å²) in [4.78, 5) is 15.4. The van der Waals surface area contributed by atoms with Gasteiger partial charge in [-0.15, -0.1) is 0 Å². The highest BCUT2D eigenvalue weighted by molar-refractivity contribution is 5.70. The highest BCUT2D eigenvalue weighted by Gasteiger charge is 2.38. The molecule has 1 amide bonds. The number of nitrogens with zero attached hydrogens (tertiary/aromatic N) is 2. The molecule has 0 atom stereocenters. The van der Waals surface area contributed by atoms with Crippen LogP contribution < -0.4 is 4.90 Å². The second-order valence-corrected chi connectivity index (χ2v) is 7.57. The van der Waals surface area contributed by atoms with Crippen molar-refractivity contribution >= 4 is 11.8 Å². The average Bonchev–Trinajstić information content (AvgIpc) is 2.95. The van der Waals surface area contributed by atoms with Gasteiger partial charge in [0, 0.05) is 31.9 Å². The highest BCUT2D eigenvalue weighted by atomic mass is 19.4. The smallest absolute Gasteiger partial charge is 0.418 e. The third-order valence-corrected chi connectivity index (χ3v) is 4.35. The molecule has 2 heterocycles. The minimum absolute atomic E-state index is 0.122. The van der Waals surface area contributed by atoms with Gasteiger partial charge in [-0.3, -0.25) is 4.90 Å². The molecule has 0 unspecified atom stereocenters. The Kier molecular flexibility index (Phi) is 4.81. The molecule has 0 radical (unpaired) electrons. The molecular formula is C18H23F3N2O3. The van der Waals surface area contributed by atoms with Crippen LogP contribution in [-0.2, 0) is 28.7 Å². The molecule has 0 aromatic heterocycles. The number of benzene rings is 1. The summed E-state index contributed by atoms with van der Waals surface area (Å²) in [6, 6.07) is 2.73. The summed E-state index contributed by atoms with van der Waals surface area (Å²) in [5, 5.41) is 0. The van der Waals surface area contributed by atoms with E-state index in [0.717, 1.165) is 5.56 Å². The van der Waals surface area contributed by atoms with E-state index in [1.807, 2.05) is 0 Å². The van der Waals surface area contributed by atoms with E-state index in [1.54, 1.807) is 31.7 Å². The molecule has 0 saturated carbocycles. The van der Waals surface area contributed by atoms with Crippen LogP contribution in [0.15, 0.2) is 12.1 Å².